The molecule has 4 amide bonds. The van der Waals surface area contributed by atoms with Gasteiger partial charge in [0.1, 0.15) is 12.3 Å². The van der Waals surface area contributed by atoms with Crippen molar-refractivity contribution in [1.29, 1.82) is 0 Å². The van der Waals surface area contributed by atoms with E-state index in [9.17, 15) is 19.2 Å². The molecule has 0 saturated carbocycles. The third-order valence-electron chi connectivity index (χ3n) is 4.22. The number of carbonyl (C=O) groups excluding carboxylic acids is 4. The Kier molecular flexibility index (Phi) is 6.91. The Bertz CT molecular complexity index is 977. The van der Waals surface area contributed by atoms with Crippen LogP contribution in [0.2, 0.25) is 10.0 Å². The molecular weight excluding hydrogens is 433 g/mol. The molecule has 156 valence electrons. The normalized spacial score (nSPS) is 12.5. The standard InChI is InChI=1S/C20H17Cl2N3O5/c21-12-7-8-16(15(22)10-12)30-9-3-6-17(26)23-24-18(27)11-25-19(28)13-4-1-2-5-14(13)20(25)29/h1-2,4-5,7-8,10H,3,6,9,11H2,(H,23,26)(H,24,27). The molecule has 10 heteroatoms. The Morgan fingerprint density at radius 2 is 1.57 bits per heavy atom. The molecule has 0 spiro atoms. The molecule has 3 rings (SSSR count). The number of nitrogens with zero attached hydrogens (tertiary/aromatic N) is 1. The highest BCUT2D eigenvalue weighted by atomic mass is 35.5. The van der Waals surface area contributed by atoms with Crippen LogP contribution in [0.3, 0.4) is 0 Å². The molecule has 30 heavy (non-hydrogen) atoms. The number of benzene rings is 2. The summed E-state index contributed by atoms with van der Waals surface area (Å²) in [6.07, 6.45) is 0.456. The number of rotatable bonds is 7. The topological polar surface area (TPSA) is 105 Å². The van der Waals surface area contributed by atoms with Crippen molar-refractivity contribution in [1.82, 2.24) is 15.8 Å². The van der Waals surface area contributed by atoms with Gasteiger partial charge in [0.25, 0.3) is 17.7 Å². The van der Waals surface area contributed by atoms with Gasteiger partial charge in [-0.3, -0.25) is 34.9 Å². The van der Waals surface area contributed by atoms with E-state index in [1.54, 1.807) is 30.3 Å². The number of imide groups is 1. The van der Waals surface area contributed by atoms with E-state index >= 15 is 0 Å². The summed E-state index contributed by atoms with van der Waals surface area (Å²) in [6.45, 7) is -0.261. The number of hydrogen-bond acceptors (Lipinski definition) is 5. The minimum Gasteiger partial charge on any atom is -0.492 e. The van der Waals surface area contributed by atoms with E-state index in [1.807, 2.05) is 0 Å². The van der Waals surface area contributed by atoms with Crippen LogP contribution in [0, 0.1) is 0 Å². The molecule has 1 heterocycles. The molecule has 0 atom stereocenters. The van der Waals surface area contributed by atoms with Crippen molar-refractivity contribution in [2.24, 2.45) is 0 Å². The van der Waals surface area contributed by atoms with E-state index < -0.39 is 30.2 Å². The first kappa shape index (κ1) is 21.6. The molecule has 2 N–H and O–H groups in total. The number of fused-ring (bicyclic) bond motifs is 1. The van der Waals surface area contributed by atoms with Gasteiger partial charge in [0.05, 0.1) is 22.8 Å². The van der Waals surface area contributed by atoms with Gasteiger partial charge < -0.3 is 4.74 Å². The highest BCUT2D eigenvalue weighted by Gasteiger charge is 2.36. The van der Waals surface area contributed by atoms with Crippen LogP contribution in [0.25, 0.3) is 0 Å². The Balaban J connectivity index is 1.37. The predicted octanol–water partition coefficient (Wildman–Crippen LogP) is 2.60. The Morgan fingerprint density at radius 1 is 0.933 bits per heavy atom. The molecule has 0 fully saturated rings. The lowest BCUT2D eigenvalue weighted by Gasteiger charge is -2.14. The molecule has 2 aromatic rings. The van der Waals surface area contributed by atoms with Crippen LogP contribution in [0.15, 0.2) is 42.5 Å². The van der Waals surface area contributed by atoms with Gasteiger partial charge in [-0.1, -0.05) is 35.3 Å². The maximum atomic E-state index is 12.2. The molecule has 0 saturated heterocycles. The van der Waals surface area contributed by atoms with Gasteiger partial charge in [-0.05, 0) is 36.8 Å². The molecule has 1 aliphatic rings. The minimum absolute atomic E-state index is 0.0819. The SMILES string of the molecule is O=C(CCCOc1ccc(Cl)cc1Cl)NNC(=O)CN1C(=O)c2ccccc2C1=O. The van der Waals surface area contributed by atoms with Crippen molar-refractivity contribution < 1.29 is 23.9 Å². The zero-order chi connectivity index (χ0) is 21.7. The van der Waals surface area contributed by atoms with Crippen molar-refractivity contribution in [3.63, 3.8) is 0 Å². The van der Waals surface area contributed by atoms with E-state index in [0.717, 1.165) is 4.90 Å². The van der Waals surface area contributed by atoms with E-state index in [4.69, 9.17) is 27.9 Å². The number of hydrazine groups is 1. The third kappa shape index (κ3) is 5.08. The highest BCUT2D eigenvalue weighted by Crippen LogP contribution is 2.27. The van der Waals surface area contributed by atoms with Crippen LogP contribution in [0.1, 0.15) is 33.6 Å². The second-order valence-corrected chi connectivity index (χ2v) is 7.21. The molecule has 1 aliphatic heterocycles. The monoisotopic (exact) mass is 449 g/mol. The van der Waals surface area contributed by atoms with Crippen LogP contribution >= 0.6 is 23.2 Å². The third-order valence-corrected chi connectivity index (χ3v) is 4.75. The number of hydrogen-bond donors (Lipinski definition) is 2. The van der Waals surface area contributed by atoms with E-state index in [-0.39, 0.29) is 24.2 Å². The van der Waals surface area contributed by atoms with E-state index in [1.165, 1.54) is 12.1 Å². The largest absolute Gasteiger partial charge is 0.492 e. The first-order valence-electron chi connectivity index (χ1n) is 8.97. The van der Waals surface area contributed by atoms with E-state index in [2.05, 4.69) is 10.9 Å². The first-order valence-corrected chi connectivity index (χ1v) is 9.73. The number of amides is 4. The fourth-order valence-corrected chi connectivity index (χ4v) is 3.24. The number of carbonyl (C=O) groups is 4. The molecule has 0 bridgehead atoms. The average Bonchev–Trinajstić information content (AvgIpc) is 2.96. The second kappa shape index (κ2) is 9.60. The van der Waals surface area contributed by atoms with Gasteiger partial charge in [0, 0.05) is 11.4 Å². The van der Waals surface area contributed by atoms with Gasteiger partial charge in [-0.15, -0.1) is 0 Å². The van der Waals surface area contributed by atoms with Gasteiger partial charge in [-0.2, -0.15) is 0 Å². The second-order valence-electron chi connectivity index (χ2n) is 6.37. The van der Waals surface area contributed by atoms with Crippen LogP contribution in [-0.2, 0) is 9.59 Å². The van der Waals surface area contributed by atoms with Crippen LogP contribution in [0.4, 0.5) is 0 Å². The Hall–Kier alpha value is -3.10. The van der Waals surface area contributed by atoms with Gasteiger partial charge in [-0.25, -0.2) is 0 Å². The molecule has 2 aromatic carbocycles. The maximum Gasteiger partial charge on any atom is 0.262 e. The van der Waals surface area contributed by atoms with Crippen molar-refractivity contribution in [2.45, 2.75) is 12.8 Å². The number of nitrogens with one attached hydrogen (secondary N) is 2. The summed E-state index contributed by atoms with van der Waals surface area (Å²) >= 11 is 11.8. The zero-order valence-electron chi connectivity index (χ0n) is 15.6. The summed E-state index contributed by atoms with van der Waals surface area (Å²) in [5, 5.41) is 0.857. The summed E-state index contributed by atoms with van der Waals surface area (Å²) < 4.78 is 5.47. The summed E-state index contributed by atoms with van der Waals surface area (Å²) in [6, 6.07) is 11.1. The van der Waals surface area contributed by atoms with E-state index in [0.29, 0.717) is 22.2 Å². The molecular formula is C20H17Cl2N3O5. The number of halogens is 2. The molecule has 0 aliphatic carbocycles. The average molecular weight is 450 g/mol. The first-order chi connectivity index (χ1) is 14.4. The van der Waals surface area contributed by atoms with Crippen LogP contribution in [0.5, 0.6) is 5.75 Å². The van der Waals surface area contributed by atoms with Crippen molar-refractivity contribution in [3.05, 3.63) is 63.6 Å². The maximum absolute atomic E-state index is 12.2. The van der Waals surface area contributed by atoms with Crippen LogP contribution in [-0.4, -0.2) is 41.7 Å². The summed E-state index contributed by atoms with van der Waals surface area (Å²) in [4.78, 5) is 49.1. The fraction of sp³-hybridized carbons (Fsp3) is 0.200. The van der Waals surface area contributed by atoms with Gasteiger partial charge in [0.15, 0.2) is 0 Å². The number of ether oxygens (including phenoxy) is 1. The lowest BCUT2D eigenvalue weighted by Crippen LogP contribution is -2.47. The summed E-state index contributed by atoms with van der Waals surface area (Å²) in [5.74, 6) is -1.78. The van der Waals surface area contributed by atoms with Crippen molar-refractivity contribution in [3.8, 4) is 5.75 Å². The zero-order valence-corrected chi connectivity index (χ0v) is 17.1. The fourth-order valence-electron chi connectivity index (χ4n) is 2.77. The van der Waals surface area contributed by atoms with Crippen molar-refractivity contribution >= 4 is 46.8 Å². The molecule has 0 radical (unpaired) electrons. The minimum atomic E-state index is -0.693. The predicted molar refractivity (Wildman–Crippen MR) is 109 cm³/mol. The molecule has 8 nitrogen and oxygen atoms in total. The highest BCUT2D eigenvalue weighted by molar-refractivity contribution is 6.35. The van der Waals surface area contributed by atoms with Gasteiger partial charge >= 0.3 is 0 Å². The molecule has 0 aromatic heterocycles. The Labute approximate surface area is 182 Å². The smallest absolute Gasteiger partial charge is 0.262 e. The quantitative estimate of drug-likeness (QED) is 0.384. The molecule has 0 unspecified atom stereocenters. The van der Waals surface area contributed by atoms with Crippen LogP contribution < -0.4 is 15.6 Å². The summed E-state index contributed by atoms with van der Waals surface area (Å²) in [7, 11) is 0. The van der Waals surface area contributed by atoms with Gasteiger partial charge in [0.2, 0.25) is 5.91 Å². The lowest BCUT2D eigenvalue weighted by atomic mass is 10.1. The van der Waals surface area contributed by atoms with Crippen molar-refractivity contribution in [2.75, 3.05) is 13.2 Å². The summed E-state index contributed by atoms with van der Waals surface area (Å²) in [5.41, 5.74) is 4.93. The Morgan fingerprint density at radius 3 is 2.20 bits per heavy atom. The lowest BCUT2D eigenvalue weighted by molar-refractivity contribution is -0.129.